The number of carbonyl (C=O) groups is 2. The van der Waals surface area contributed by atoms with Crippen LogP contribution in [0.5, 0.6) is 5.75 Å². The van der Waals surface area contributed by atoms with Crippen molar-refractivity contribution in [2.75, 3.05) is 31.1 Å². The highest BCUT2D eigenvalue weighted by molar-refractivity contribution is 6.32. The lowest BCUT2D eigenvalue weighted by atomic mass is 10.1. The summed E-state index contributed by atoms with van der Waals surface area (Å²) < 4.78 is 5.60. The van der Waals surface area contributed by atoms with Crippen LogP contribution >= 0.6 is 11.6 Å². The van der Waals surface area contributed by atoms with Gasteiger partial charge in [0.15, 0.2) is 6.61 Å². The molecule has 2 N–H and O–H groups in total. The highest BCUT2D eigenvalue weighted by Gasteiger charge is 2.16. The second kappa shape index (κ2) is 10.2. The number of piperazine rings is 1. The number of benzene rings is 3. The molecule has 0 radical (unpaired) electrons. The molecule has 0 saturated carbocycles. The van der Waals surface area contributed by atoms with Crippen LogP contribution in [0.1, 0.15) is 5.56 Å². The summed E-state index contributed by atoms with van der Waals surface area (Å²) in [6, 6.07) is 23.3. The molecule has 1 aliphatic heterocycles. The van der Waals surface area contributed by atoms with Gasteiger partial charge in [-0.1, -0.05) is 60.1 Å². The number of rotatable bonds is 7. The Morgan fingerprint density at radius 1 is 1.03 bits per heavy atom. The van der Waals surface area contributed by atoms with Crippen LogP contribution in [0, 0.1) is 0 Å². The molecule has 3 aromatic carbocycles. The smallest absolute Gasteiger partial charge is 0.258 e. The predicted molar refractivity (Wildman–Crippen MR) is 126 cm³/mol. The fourth-order valence-corrected chi connectivity index (χ4v) is 3.74. The SMILES string of the molecule is O=C(COc1ccc(-c2ccccc2)cc1Cl)NCc1ccc(N2CCNC(=O)C2)cc1. The van der Waals surface area contributed by atoms with E-state index in [1.165, 1.54) is 0 Å². The number of anilines is 1. The van der Waals surface area contributed by atoms with Crippen LogP contribution in [0.3, 0.4) is 0 Å². The summed E-state index contributed by atoms with van der Waals surface area (Å²) in [6.07, 6.45) is 0. The van der Waals surface area contributed by atoms with E-state index in [0.29, 0.717) is 30.4 Å². The molecule has 3 aromatic rings. The van der Waals surface area contributed by atoms with Gasteiger partial charge in [-0.15, -0.1) is 0 Å². The van der Waals surface area contributed by atoms with Gasteiger partial charge in [0.25, 0.3) is 5.91 Å². The first-order chi connectivity index (χ1) is 15.6. The third-order valence-electron chi connectivity index (χ3n) is 5.23. The Morgan fingerprint density at radius 2 is 1.81 bits per heavy atom. The second-order valence-corrected chi connectivity index (χ2v) is 7.92. The molecule has 4 rings (SSSR count). The minimum atomic E-state index is -0.231. The first-order valence-electron chi connectivity index (χ1n) is 10.4. The molecule has 32 heavy (non-hydrogen) atoms. The van der Waals surface area contributed by atoms with Crippen LogP contribution in [0.2, 0.25) is 5.02 Å². The van der Waals surface area contributed by atoms with Crippen molar-refractivity contribution < 1.29 is 14.3 Å². The van der Waals surface area contributed by atoms with Gasteiger partial charge in [-0.25, -0.2) is 0 Å². The Kier molecular flexibility index (Phi) is 6.92. The molecular formula is C25H24ClN3O3. The number of nitrogens with zero attached hydrogens (tertiary/aromatic N) is 1. The molecule has 7 heteroatoms. The van der Waals surface area contributed by atoms with Crippen molar-refractivity contribution in [3.8, 4) is 16.9 Å². The fraction of sp³-hybridized carbons (Fsp3) is 0.200. The van der Waals surface area contributed by atoms with E-state index in [1.807, 2.05) is 71.6 Å². The fourth-order valence-electron chi connectivity index (χ4n) is 3.51. The van der Waals surface area contributed by atoms with E-state index < -0.39 is 0 Å². The molecule has 0 bridgehead atoms. The number of carbonyl (C=O) groups excluding carboxylic acids is 2. The number of halogens is 1. The minimum Gasteiger partial charge on any atom is -0.482 e. The summed E-state index contributed by atoms with van der Waals surface area (Å²) in [5.74, 6) is 0.267. The maximum absolute atomic E-state index is 12.2. The van der Waals surface area contributed by atoms with Gasteiger partial charge < -0.3 is 20.3 Å². The highest BCUT2D eigenvalue weighted by Crippen LogP contribution is 2.30. The van der Waals surface area contributed by atoms with Gasteiger partial charge in [-0.05, 0) is 41.0 Å². The predicted octanol–water partition coefficient (Wildman–Crippen LogP) is 3.64. The van der Waals surface area contributed by atoms with E-state index in [-0.39, 0.29) is 18.4 Å². The molecular weight excluding hydrogens is 426 g/mol. The van der Waals surface area contributed by atoms with E-state index in [1.54, 1.807) is 6.07 Å². The Labute approximate surface area is 192 Å². The number of amides is 2. The molecule has 0 spiro atoms. The largest absolute Gasteiger partial charge is 0.482 e. The summed E-state index contributed by atoms with van der Waals surface area (Å²) in [4.78, 5) is 25.8. The quantitative estimate of drug-likeness (QED) is 0.577. The normalized spacial score (nSPS) is 13.4. The standard InChI is InChI=1S/C25H24ClN3O3/c26-22-14-20(19-4-2-1-3-5-19)8-11-23(22)32-17-25(31)28-15-18-6-9-21(10-7-18)29-13-12-27-24(30)16-29/h1-11,14H,12-13,15-17H2,(H,27,30)(H,28,31). The monoisotopic (exact) mass is 449 g/mol. The third-order valence-corrected chi connectivity index (χ3v) is 5.52. The Morgan fingerprint density at radius 3 is 2.53 bits per heavy atom. The van der Waals surface area contributed by atoms with Gasteiger partial charge in [0.1, 0.15) is 5.75 Å². The lowest BCUT2D eigenvalue weighted by Gasteiger charge is -2.28. The van der Waals surface area contributed by atoms with Crippen molar-refractivity contribution in [2.45, 2.75) is 6.54 Å². The number of hydrogen-bond acceptors (Lipinski definition) is 4. The summed E-state index contributed by atoms with van der Waals surface area (Å²) >= 11 is 6.34. The Bertz CT molecular complexity index is 1090. The number of nitrogens with one attached hydrogen (secondary N) is 2. The summed E-state index contributed by atoms with van der Waals surface area (Å²) in [5, 5.41) is 6.12. The molecule has 0 aromatic heterocycles. The van der Waals surface area contributed by atoms with E-state index in [4.69, 9.17) is 16.3 Å². The summed E-state index contributed by atoms with van der Waals surface area (Å²) in [7, 11) is 0. The van der Waals surface area contributed by atoms with Crippen LogP contribution in [-0.4, -0.2) is 38.1 Å². The molecule has 1 aliphatic rings. The molecule has 1 fully saturated rings. The highest BCUT2D eigenvalue weighted by atomic mass is 35.5. The Hall–Kier alpha value is -3.51. The molecule has 0 unspecified atom stereocenters. The van der Waals surface area contributed by atoms with Crippen molar-refractivity contribution in [3.63, 3.8) is 0 Å². The van der Waals surface area contributed by atoms with E-state index in [0.717, 1.165) is 28.9 Å². The molecule has 6 nitrogen and oxygen atoms in total. The average Bonchev–Trinajstić information content (AvgIpc) is 2.83. The molecule has 1 saturated heterocycles. The summed E-state index contributed by atoms with van der Waals surface area (Å²) in [5.41, 5.74) is 4.01. The van der Waals surface area contributed by atoms with E-state index >= 15 is 0 Å². The maximum atomic E-state index is 12.2. The van der Waals surface area contributed by atoms with Crippen molar-refractivity contribution in [2.24, 2.45) is 0 Å². The van der Waals surface area contributed by atoms with Crippen molar-refractivity contribution >= 4 is 29.1 Å². The zero-order chi connectivity index (χ0) is 22.3. The zero-order valence-electron chi connectivity index (χ0n) is 17.5. The van der Waals surface area contributed by atoms with Gasteiger partial charge in [0.05, 0.1) is 11.6 Å². The topological polar surface area (TPSA) is 70.7 Å². The zero-order valence-corrected chi connectivity index (χ0v) is 18.3. The van der Waals surface area contributed by atoms with Crippen LogP contribution < -0.4 is 20.3 Å². The number of hydrogen-bond donors (Lipinski definition) is 2. The van der Waals surface area contributed by atoms with Crippen LogP contribution in [0.25, 0.3) is 11.1 Å². The van der Waals surface area contributed by atoms with Crippen molar-refractivity contribution in [3.05, 3.63) is 83.4 Å². The average molecular weight is 450 g/mol. The van der Waals surface area contributed by atoms with E-state index in [9.17, 15) is 9.59 Å². The maximum Gasteiger partial charge on any atom is 0.258 e. The second-order valence-electron chi connectivity index (χ2n) is 7.51. The van der Waals surface area contributed by atoms with Crippen molar-refractivity contribution in [1.82, 2.24) is 10.6 Å². The van der Waals surface area contributed by atoms with Gasteiger partial charge >= 0.3 is 0 Å². The lowest BCUT2D eigenvalue weighted by molar-refractivity contribution is -0.123. The van der Waals surface area contributed by atoms with Crippen molar-refractivity contribution in [1.29, 1.82) is 0 Å². The van der Waals surface area contributed by atoms with Gasteiger partial charge in [0.2, 0.25) is 5.91 Å². The number of ether oxygens (including phenoxy) is 1. The van der Waals surface area contributed by atoms with Crippen LogP contribution in [0.15, 0.2) is 72.8 Å². The minimum absolute atomic E-state index is 0.0300. The molecule has 164 valence electrons. The molecule has 0 atom stereocenters. The third kappa shape index (κ3) is 5.59. The van der Waals surface area contributed by atoms with Crippen LogP contribution in [-0.2, 0) is 16.1 Å². The molecule has 2 amide bonds. The van der Waals surface area contributed by atoms with Gasteiger partial charge in [-0.3, -0.25) is 9.59 Å². The molecule has 0 aliphatic carbocycles. The first kappa shape index (κ1) is 21.7. The Balaban J connectivity index is 1.26. The summed E-state index contributed by atoms with van der Waals surface area (Å²) in [6.45, 7) is 2.07. The van der Waals surface area contributed by atoms with Gasteiger partial charge in [0, 0.05) is 25.3 Å². The first-order valence-corrected chi connectivity index (χ1v) is 10.8. The molecule has 1 heterocycles. The van der Waals surface area contributed by atoms with E-state index in [2.05, 4.69) is 10.6 Å². The lowest BCUT2D eigenvalue weighted by Crippen LogP contribution is -2.47. The van der Waals surface area contributed by atoms with Gasteiger partial charge in [-0.2, -0.15) is 0 Å². The van der Waals surface area contributed by atoms with Crippen LogP contribution in [0.4, 0.5) is 5.69 Å².